The highest BCUT2D eigenvalue weighted by Gasteiger charge is 2.38. The van der Waals surface area contributed by atoms with Gasteiger partial charge in [0.2, 0.25) is 0 Å². The lowest BCUT2D eigenvalue weighted by molar-refractivity contribution is -0.147. The van der Waals surface area contributed by atoms with Gasteiger partial charge in [-0.2, -0.15) is 0 Å². The molecule has 2 unspecified atom stereocenters. The van der Waals surface area contributed by atoms with Crippen LogP contribution in [0.25, 0.3) is 0 Å². The first kappa shape index (κ1) is 14.8. The normalized spacial score (nSPS) is 24.8. The van der Waals surface area contributed by atoms with E-state index in [2.05, 4.69) is 13.8 Å². The summed E-state index contributed by atoms with van der Waals surface area (Å²) in [5, 5.41) is 9.15. The largest absolute Gasteiger partial charge is 0.480 e. The maximum Gasteiger partial charge on any atom is 0.329 e. The Morgan fingerprint density at radius 1 is 1.22 bits per heavy atom. The topological polar surface area (TPSA) is 60.9 Å². The first-order valence-corrected chi connectivity index (χ1v) is 6.42. The summed E-state index contributed by atoms with van der Waals surface area (Å²) < 4.78 is 0. The van der Waals surface area contributed by atoms with Crippen LogP contribution in [0.4, 0.5) is 4.79 Å². The predicted molar refractivity (Wildman–Crippen MR) is 69.4 cm³/mol. The van der Waals surface area contributed by atoms with Gasteiger partial charge in [-0.1, -0.05) is 13.8 Å². The SMILES string of the molecule is CC1CC(C)CN(C(=O)N(C)C(C)(C)C(=O)O)C1. The number of carbonyl (C=O) groups is 2. The van der Waals surface area contributed by atoms with Gasteiger partial charge in [0.15, 0.2) is 0 Å². The van der Waals surface area contributed by atoms with Crippen molar-refractivity contribution in [2.45, 2.75) is 39.7 Å². The van der Waals surface area contributed by atoms with Gasteiger partial charge in [-0.15, -0.1) is 0 Å². The predicted octanol–water partition coefficient (Wildman–Crippen LogP) is 1.88. The van der Waals surface area contributed by atoms with E-state index < -0.39 is 11.5 Å². The second-order valence-corrected chi connectivity index (χ2v) is 6.06. The Morgan fingerprint density at radius 3 is 2.06 bits per heavy atom. The molecule has 2 amide bonds. The van der Waals surface area contributed by atoms with Gasteiger partial charge in [0.05, 0.1) is 0 Å². The molecule has 18 heavy (non-hydrogen) atoms. The van der Waals surface area contributed by atoms with Gasteiger partial charge in [0.25, 0.3) is 0 Å². The Kier molecular flexibility index (Phi) is 4.24. The third-order valence-corrected chi connectivity index (χ3v) is 3.79. The summed E-state index contributed by atoms with van der Waals surface area (Å²) in [6, 6.07) is -0.194. The molecule has 0 bridgehead atoms. The minimum absolute atomic E-state index is 0.194. The molecule has 0 aromatic carbocycles. The Balaban J connectivity index is 2.78. The number of amides is 2. The van der Waals surface area contributed by atoms with Gasteiger partial charge in [0, 0.05) is 20.1 Å². The van der Waals surface area contributed by atoms with E-state index >= 15 is 0 Å². The molecule has 1 aliphatic heterocycles. The fraction of sp³-hybridized carbons (Fsp3) is 0.846. The number of carbonyl (C=O) groups excluding carboxylic acids is 1. The van der Waals surface area contributed by atoms with Crippen LogP contribution in [-0.4, -0.2) is 52.6 Å². The second-order valence-electron chi connectivity index (χ2n) is 6.06. The third-order valence-electron chi connectivity index (χ3n) is 3.79. The molecule has 5 heteroatoms. The van der Waals surface area contributed by atoms with Crippen LogP contribution < -0.4 is 0 Å². The van der Waals surface area contributed by atoms with Crippen LogP contribution in [0.1, 0.15) is 34.1 Å². The minimum atomic E-state index is -1.18. The van der Waals surface area contributed by atoms with Crippen molar-refractivity contribution in [3.63, 3.8) is 0 Å². The van der Waals surface area contributed by atoms with Crippen molar-refractivity contribution in [2.75, 3.05) is 20.1 Å². The van der Waals surface area contributed by atoms with E-state index in [0.717, 1.165) is 6.42 Å². The van der Waals surface area contributed by atoms with Crippen molar-refractivity contribution in [1.29, 1.82) is 0 Å². The zero-order chi connectivity index (χ0) is 14.1. The molecule has 1 heterocycles. The summed E-state index contributed by atoms with van der Waals surface area (Å²) in [5.74, 6) is -0.0467. The van der Waals surface area contributed by atoms with Crippen LogP contribution in [0.5, 0.6) is 0 Å². The molecule has 0 aliphatic carbocycles. The van der Waals surface area contributed by atoms with E-state index in [9.17, 15) is 9.59 Å². The van der Waals surface area contributed by atoms with Crippen molar-refractivity contribution in [1.82, 2.24) is 9.80 Å². The number of hydrogen-bond acceptors (Lipinski definition) is 2. The van der Waals surface area contributed by atoms with Gasteiger partial charge < -0.3 is 14.9 Å². The van der Waals surface area contributed by atoms with Crippen molar-refractivity contribution in [3.05, 3.63) is 0 Å². The smallest absolute Gasteiger partial charge is 0.329 e. The quantitative estimate of drug-likeness (QED) is 0.820. The van der Waals surface area contributed by atoms with E-state index in [1.165, 1.54) is 4.90 Å². The van der Waals surface area contributed by atoms with Crippen molar-refractivity contribution >= 4 is 12.0 Å². The zero-order valence-electron chi connectivity index (χ0n) is 11.9. The van der Waals surface area contributed by atoms with Crippen LogP contribution in [-0.2, 0) is 4.79 Å². The van der Waals surface area contributed by atoms with Gasteiger partial charge in [0.1, 0.15) is 5.54 Å². The van der Waals surface area contributed by atoms with Crippen LogP contribution in [0, 0.1) is 11.8 Å². The first-order valence-electron chi connectivity index (χ1n) is 6.42. The van der Waals surface area contributed by atoms with Crippen LogP contribution >= 0.6 is 0 Å². The Morgan fingerprint density at radius 2 is 1.67 bits per heavy atom. The number of nitrogens with zero attached hydrogens (tertiary/aromatic N) is 2. The maximum atomic E-state index is 12.3. The fourth-order valence-corrected chi connectivity index (χ4v) is 2.41. The summed E-state index contributed by atoms with van der Waals surface area (Å²) in [6.45, 7) is 8.76. The number of aliphatic carboxylic acids is 1. The molecule has 0 radical (unpaired) electrons. The molecule has 0 spiro atoms. The van der Waals surface area contributed by atoms with Gasteiger partial charge in [-0.3, -0.25) is 0 Å². The molecule has 1 fully saturated rings. The summed E-state index contributed by atoms with van der Waals surface area (Å²) in [5.41, 5.74) is -1.18. The molecular weight excluding hydrogens is 232 g/mol. The average Bonchev–Trinajstić information content (AvgIpc) is 2.25. The second kappa shape index (κ2) is 5.16. The lowest BCUT2D eigenvalue weighted by Crippen LogP contribution is -2.57. The van der Waals surface area contributed by atoms with E-state index in [1.54, 1.807) is 25.8 Å². The van der Waals surface area contributed by atoms with Crippen LogP contribution in [0.2, 0.25) is 0 Å². The number of carboxylic acids is 1. The number of likely N-dealkylation sites (tertiary alicyclic amines) is 1. The van der Waals surface area contributed by atoms with Crippen LogP contribution in [0.15, 0.2) is 0 Å². The standard InChI is InChI=1S/C13H24N2O3/c1-9-6-10(2)8-15(7-9)12(18)14(5)13(3,4)11(16)17/h9-10H,6-8H2,1-5H3,(H,16,17). The monoisotopic (exact) mass is 256 g/mol. The molecule has 1 rings (SSSR count). The number of urea groups is 1. The minimum Gasteiger partial charge on any atom is -0.480 e. The molecule has 5 nitrogen and oxygen atoms in total. The van der Waals surface area contributed by atoms with Gasteiger partial charge in [-0.25, -0.2) is 9.59 Å². The van der Waals surface area contributed by atoms with Crippen molar-refractivity contribution in [3.8, 4) is 0 Å². The highest BCUT2D eigenvalue weighted by atomic mass is 16.4. The van der Waals surface area contributed by atoms with Crippen molar-refractivity contribution < 1.29 is 14.7 Å². The lowest BCUT2D eigenvalue weighted by Gasteiger charge is -2.40. The van der Waals surface area contributed by atoms with Crippen molar-refractivity contribution in [2.24, 2.45) is 11.8 Å². The molecule has 2 atom stereocenters. The molecular formula is C13H24N2O3. The lowest BCUT2D eigenvalue weighted by atomic mass is 9.92. The molecule has 1 N–H and O–H groups in total. The number of rotatable bonds is 2. The van der Waals surface area contributed by atoms with Gasteiger partial charge >= 0.3 is 12.0 Å². The molecule has 104 valence electrons. The van der Waals surface area contributed by atoms with E-state index in [1.807, 2.05) is 0 Å². The van der Waals surface area contributed by atoms with E-state index in [4.69, 9.17) is 5.11 Å². The average molecular weight is 256 g/mol. The molecule has 0 aromatic heterocycles. The summed E-state index contributed by atoms with van der Waals surface area (Å²) in [4.78, 5) is 26.6. The molecule has 1 aliphatic rings. The molecule has 0 aromatic rings. The number of hydrogen-bond donors (Lipinski definition) is 1. The Labute approximate surface area is 109 Å². The highest BCUT2D eigenvalue weighted by Crippen LogP contribution is 2.23. The number of likely N-dealkylation sites (N-methyl/N-ethyl adjacent to an activating group) is 1. The third kappa shape index (κ3) is 2.94. The number of piperidine rings is 1. The molecule has 1 saturated heterocycles. The van der Waals surface area contributed by atoms with E-state index in [-0.39, 0.29) is 6.03 Å². The summed E-state index contributed by atoms with van der Waals surface area (Å²) >= 11 is 0. The maximum absolute atomic E-state index is 12.3. The fourth-order valence-electron chi connectivity index (χ4n) is 2.41. The first-order chi connectivity index (χ1) is 8.16. The zero-order valence-corrected chi connectivity index (χ0v) is 11.9. The van der Waals surface area contributed by atoms with Crippen LogP contribution in [0.3, 0.4) is 0 Å². The van der Waals surface area contributed by atoms with Gasteiger partial charge in [-0.05, 0) is 32.1 Å². The highest BCUT2D eigenvalue weighted by molar-refractivity contribution is 5.85. The van der Waals surface area contributed by atoms with E-state index in [0.29, 0.717) is 24.9 Å². The Hall–Kier alpha value is -1.26. The Bertz CT molecular complexity index is 331. The summed E-state index contributed by atoms with van der Waals surface area (Å²) in [7, 11) is 1.56. The summed E-state index contributed by atoms with van der Waals surface area (Å²) in [6.07, 6.45) is 1.12. The molecule has 0 saturated carbocycles. The number of carboxylic acid groups (broad SMARTS) is 1.